The molecule has 0 saturated heterocycles. The normalized spacial score (nSPS) is 12.1. The molecule has 1 aromatic rings. The van der Waals surface area contributed by atoms with Crippen LogP contribution in [0.15, 0.2) is 30.3 Å². The van der Waals surface area contributed by atoms with Gasteiger partial charge in [-0.2, -0.15) is 0 Å². The first-order valence-corrected chi connectivity index (χ1v) is 5.98. The number of carbonyl (C=O) groups is 1. The van der Waals surface area contributed by atoms with Gasteiger partial charge in [0.1, 0.15) is 0 Å². The Balaban J connectivity index is 2.64. The van der Waals surface area contributed by atoms with Crippen molar-refractivity contribution >= 4 is 5.97 Å². The molecule has 0 radical (unpaired) electrons. The lowest BCUT2D eigenvalue weighted by Gasteiger charge is -2.15. The van der Waals surface area contributed by atoms with Gasteiger partial charge >= 0.3 is 5.97 Å². The minimum Gasteiger partial charge on any atom is -0.466 e. The van der Waals surface area contributed by atoms with E-state index in [0.29, 0.717) is 18.9 Å². The summed E-state index contributed by atoms with van der Waals surface area (Å²) in [7, 11) is 0. The molecule has 0 spiro atoms. The third-order valence-corrected chi connectivity index (χ3v) is 2.63. The molecule has 0 fully saturated rings. The Kier molecular flexibility index (Phi) is 5.62. The molecule has 0 aromatic heterocycles. The first-order chi connectivity index (χ1) is 7.77. The van der Waals surface area contributed by atoms with Crippen molar-refractivity contribution in [1.82, 2.24) is 0 Å². The quantitative estimate of drug-likeness (QED) is 0.686. The molecule has 1 rings (SSSR count). The molecule has 0 aliphatic rings. The van der Waals surface area contributed by atoms with Gasteiger partial charge in [0.15, 0.2) is 0 Å². The van der Waals surface area contributed by atoms with Crippen LogP contribution in [0.1, 0.15) is 44.6 Å². The van der Waals surface area contributed by atoms with E-state index in [-0.39, 0.29) is 5.97 Å². The highest BCUT2D eigenvalue weighted by molar-refractivity contribution is 5.70. The molecule has 2 heteroatoms. The van der Waals surface area contributed by atoms with Gasteiger partial charge in [-0.1, -0.05) is 43.7 Å². The summed E-state index contributed by atoms with van der Waals surface area (Å²) in [6.07, 6.45) is 2.60. The van der Waals surface area contributed by atoms with E-state index in [9.17, 15) is 4.79 Å². The van der Waals surface area contributed by atoms with Crippen LogP contribution in [0.4, 0.5) is 0 Å². The minimum absolute atomic E-state index is 0.0928. The smallest absolute Gasteiger partial charge is 0.306 e. The van der Waals surface area contributed by atoms with E-state index in [4.69, 9.17) is 4.74 Å². The lowest BCUT2D eigenvalue weighted by molar-refractivity contribution is -0.143. The minimum atomic E-state index is -0.0928. The molecule has 16 heavy (non-hydrogen) atoms. The fourth-order valence-corrected chi connectivity index (χ4v) is 1.88. The van der Waals surface area contributed by atoms with E-state index in [1.165, 1.54) is 5.56 Å². The fourth-order valence-electron chi connectivity index (χ4n) is 1.88. The van der Waals surface area contributed by atoms with E-state index in [1.54, 1.807) is 0 Å². The van der Waals surface area contributed by atoms with Gasteiger partial charge in [-0.05, 0) is 24.8 Å². The highest BCUT2D eigenvalue weighted by Gasteiger charge is 2.15. The summed E-state index contributed by atoms with van der Waals surface area (Å²) in [4.78, 5) is 11.5. The van der Waals surface area contributed by atoms with Crippen LogP contribution in [0.5, 0.6) is 0 Å². The average Bonchev–Trinajstić information content (AvgIpc) is 2.30. The number of esters is 1. The maximum Gasteiger partial charge on any atom is 0.306 e. The molecule has 0 aliphatic carbocycles. The summed E-state index contributed by atoms with van der Waals surface area (Å²) < 4.78 is 5.00. The maximum atomic E-state index is 11.5. The molecule has 1 unspecified atom stereocenters. The third kappa shape index (κ3) is 4.05. The van der Waals surface area contributed by atoms with Gasteiger partial charge in [-0.15, -0.1) is 0 Å². The first kappa shape index (κ1) is 12.8. The van der Waals surface area contributed by atoms with Crippen molar-refractivity contribution in [2.45, 2.75) is 39.0 Å². The Morgan fingerprint density at radius 3 is 2.50 bits per heavy atom. The van der Waals surface area contributed by atoms with Gasteiger partial charge in [0.2, 0.25) is 0 Å². The van der Waals surface area contributed by atoms with E-state index >= 15 is 0 Å². The number of hydrogen-bond acceptors (Lipinski definition) is 2. The van der Waals surface area contributed by atoms with Crippen molar-refractivity contribution in [3.05, 3.63) is 35.9 Å². The molecular formula is C14H20O2. The van der Waals surface area contributed by atoms with Crippen LogP contribution in [-0.2, 0) is 9.53 Å². The van der Waals surface area contributed by atoms with Crippen molar-refractivity contribution in [1.29, 1.82) is 0 Å². The molecule has 88 valence electrons. The summed E-state index contributed by atoms with van der Waals surface area (Å²) in [5.41, 5.74) is 1.23. The number of benzene rings is 1. The van der Waals surface area contributed by atoms with Crippen LogP contribution in [0, 0.1) is 0 Å². The largest absolute Gasteiger partial charge is 0.466 e. The standard InChI is InChI=1S/C14H20O2/c1-3-8-13(11-14(15)16-4-2)12-9-6-5-7-10-12/h5-7,9-10,13H,3-4,8,11H2,1-2H3. The molecule has 1 aromatic carbocycles. The molecule has 0 saturated carbocycles. The Morgan fingerprint density at radius 1 is 1.25 bits per heavy atom. The van der Waals surface area contributed by atoms with Crippen molar-refractivity contribution in [2.75, 3.05) is 6.61 Å². The fraction of sp³-hybridized carbons (Fsp3) is 0.500. The maximum absolute atomic E-state index is 11.5. The van der Waals surface area contributed by atoms with Crippen LogP contribution in [-0.4, -0.2) is 12.6 Å². The van der Waals surface area contributed by atoms with E-state index in [1.807, 2.05) is 25.1 Å². The number of carbonyl (C=O) groups excluding carboxylic acids is 1. The molecule has 0 bridgehead atoms. The van der Waals surface area contributed by atoms with E-state index in [2.05, 4.69) is 19.1 Å². The zero-order valence-electron chi connectivity index (χ0n) is 10.1. The van der Waals surface area contributed by atoms with Crippen LogP contribution in [0.25, 0.3) is 0 Å². The topological polar surface area (TPSA) is 26.3 Å². The Labute approximate surface area is 97.6 Å². The summed E-state index contributed by atoms with van der Waals surface area (Å²) in [5, 5.41) is 0. The molecule has 0 heterocycles. The summed E-state index contributed by atoms with van der Waals surface area (Å²) >= 11 is 0. The molecule has 0 N–H and O–H groups in total. The number of ether oxygens (including phenoxy) is 1. The Hall–Kier alpha value is -1.31. The highest BCUT2D eigenvalue weighted by atomic mass is 16.5. The molecule has 1 atom stereocenters. The molecule has 2 nitrogen and oxygen atoms in total. The Bertz CT molecular complexity index is 306. The second-order valence-electron chi connectivity index (χ2n) is 3.91. The van der Waals surface area contributed by atoms with Crippen LogP contribution >= 0.6 is 0 Å². The van der Waals surface area contributed by atoms with Crippen LogP contribution in [0.2, 0.25) is 0 Å². The third-order valence-electron chi connectivity index (χ3n) is 2.63. The first-order valence-electron chi connectivity index (χ1n) is 5.98. The predicted octanol–water partition coefficient (Wildman–Crippen LogP) is 3.52. The van der Waals surface area contributed by atoms with Gasteiger partial charge in [0.25, 0.3) is 0 Å². The molecular weight excluding hydrogens is 200 g/mol. The van der Waals surface area contributed by atoms with Gasteiger partial charge in [0.05, 0.1) is 13.0 Å². The van der Waals surface area contributed by atoms with Crippen molar-refractivity contribution in [3.8, 4) is 0 Å². The zero-order chi connectivity index (χ0) is 11.8. The lowest BCUT2D eigenvalue weighted by atomic mass is 9.91. The van der Waals surface area contributed by atoms with E-state index < -0.39 is 0 Å². The average molecular weight is 220 g/mol. The highest BCUT2D eigenvalue weighted by Crippen LogP contribution is 2.25. The second kappa shape index (κ2) is 7.04. The van der Waals surface area contributed by atoms with Gasteiger partial charge < -0.3 is 4.74 Å². The van der Waals surface area contributed by atoms with Crippen molar-refractivity contribution in [2.24, 2.45) is 0 Å². The Morgan fingerprint density at radius 2 is 1.94 bits per heavy atom. The van der Waals surface area contributed by atoms with Crippen LogP contribution < -0.4 is 0 Å². The second-order valence-corrected chi connectivity index (χ2v) is 3.91. The SMILES string of the molecule is CCCC(CC(=O)OCC)c1ccccc1. The number of rotatable bonds is 6. The molecule has 0 aliphatic heterocycles. The van der Waals surface area contributed by atoms with Crippen molar-refractivity contribution in [3.63, 3.8) is 0 Å². The summed E-state index contributed by atoms with van der Waals surface area (Å²) in [6, 6.07) is 10.2. The van der Waals surface area contributed by atoms with Gasteiger partial charge in [-0.25, -0.2) is 0 Å². The van der Waals surface area contributed by atoms with Crippen molar-refractivity contribution < 1.29 is 9.53 Å². The summed E-state index contributed by atoms with van der Waals surface area (Å²) in [5.74, 6) is 0.204. The lowest BCUT2D eigenvalue weighted by Crippen LogP contribution is -2.10. The van der Waals surface area contributed by atoms with Crippen LogP contribution in [0.3, 0.4) is 0 Å². The molecule has 0 amide bonds. The zero-order valence-corrected chi connectivity index (χ0v) is 10.1. The van der Waals surface area contributed by atoms with E-state index in [0.717, 1.165) is 12.8 Å². The van der Waals surface area contributed by atoms with Gasteiger partial charge in [0, 0.05) is 0 Å². The van der Waals surface area contributed by atoms with Gasteiger partial charge in [-0.3, -0.25) is 4.79 Å². The summed E-state index contributed by atoms with van der Waals surface area (Å²) in [6.45, 7) is 4.45. The predicted molar refractivity (Wildman–Crippen MR) is 65.3 cm³/mol. The number of hydrogen-bond donors (Lipinski definition) is 0. The monoisotopic (exact) mass is 220 g/mol.